The minimum Gasteiger partial charge on any atom is -0.493 e. The second-order valence-electron chi connectivity index (χ2n) is 8.15. The molecule has 1 aromatic heterocycles. The van der Waals surface area contributed by atoms with E-state index in [0.29, 0.717) is 28.9 Å². The normalized spacial score (nSPS) is 17.8. The van der Waals surface area contributed by atoms with Gasteiger partial charge in [-0.1, -0.05) is 12.1 Å². The number of carbonyl (C=O) groups excluding carboxylic acids is 3. The van der Waals surface area contributed by atoms with Gasteiger partial charge in [0.25, 0.3) is 5.91 Å². The molecule has 1 saturated heterocycles. The summed E-state index contributed by atoms with van der Waals surface area (Å²) >= 11 is 0. The molecule has 0 saturated carbocycles. The standard InChI is InChI=1S/C24H21FN4O4/c1-28-12-26-20(21(28)16-4-3-5-17(25)22(16)33-2)13-6-7-15-14(10-13)11-29(24(15)32)18-8-9-19(30)27-23(18)31/h3-7,10,12,18H,8-9,11H2,1-2H3,(H,27,30,31). The van der Waals surface area contributed by atoms with E-state index in [-0.39, 0.29) is 30.5 Å². The van der Waals surface area contributed by atoms with Crippen LogP contribution in [0.2, 0.25) is 0 Å². The average Bonchev–Trinajstić information content (AvgIpc) is 3.33. The smallest absolute Gasteiger partial charge is 0.255 e. The van der Waals surface area contributed by atoms with Crippen LogP contribution in [0, 0.1) is 5.82 Å². The third-order valence-electron chi connectivity index (χ3n) is 6.16. The molecule has 168 valence electrons. The SMILES string of the molecule is COc1c(F)cccc1-c1c(-c2ccc3c(c2)CN(C2CCC(=O)NC2=O)C3=O)ncn1C. The maximum Gasteiger partial charge on any atom is 0.255 e. The van der Waals surface area contributed by atoms with Gasteiger partial charge in [-0.3, -0.25) is 19.7 Å². The predicted molar refractivity (Wildman–Crippen MR) is 117 cm³/mol. The number of piperidine rings is 1. The summed E-state index contributed by atoms with van der Waals surface area (Å²) < 4.78 is 21.5. The zero-order valence-electron chi connectivity index (χ0n) is 18.1. The fraction of sp³-hybridized carbons (Fsp3) is 0.250. The highest BCUT2D eigenvalue weighted by Gasteiger charge is 2.39. The molecule has 2 aromatic carbocycles. The Balaban J connectivity index is 1.52. The van der Waals surface area contributed by atoms with Crippen LogP contribution < -0.4 is 10.1 Å². The first-order chi connectivity index (χ1) is 15.9. The zero-order valence-corrected chi connectivity index (χ0v) is 18.1. The molecule has 1 unspecified atom stereocenters. The van der Waals surface area contributed by atoms with Gasteiger partial charge in [0.1, 0.15) is 6.04 Å². The fourth-order valence-electron chi connectivity index (χ4n) is 4.58. The van der Waals surface area contributed by atoms with E-state index < -0.39 is 17.8 Å². The number of carbonyl (C=O) groups is 3. The first-order valence-corrected chi connectivity index (χ1v) is 10.5. The van der Waals surface area contributed by atoms with Gasteiger partial charge >= 0.3 is 0 Å². The number of rotatable bonds is 4. The van der Waals surface area contributed by atoms with E-state index in [1.807, 2.05) is 13.1 Å². The van der Waals surface area contributed by atoms with Crippen molar-refractivity contribution in [1.82, 2.24) is 19.8 Å². The molecule has 0 spiro atoms. The Morgan fingerprint density at radius 3 is 2.73 bits per heavy atom. The number of halogens is 1. The first kappa shape index (κ1) is 20.9. The van der Waals surface area contributed by atoms with E-state index in [1.54, 1.807) is 35.2 Å². The third-order valence-corrected chi connectivity index (χ3v) is 6.16. The van der Waals surface area contributed by atoms with Crippen molar-refractivity contribution in [3.63, 3.8) is 0 Å². The molecule has 3 amide bonds. The molecule has 1 fully saturated rings. The van der Waals surface area contributed by atoms with Gasteiger partial charge in [0, 0.05) is 36.7 Å². The lowest BCUT2D eigenvalue weighted by Gasteiger charge is -2.29. The Bertz CT molecular complexity index is 1320. The molecule has 0 aliphatic carbocycles. The topological polar surface area (TPSA) is 93.5 Å². The van der Waals surface area contributed by atoms with Crippen LogP contribution in [0.4, 0.5) is 4.39 Å². The zero-order chi connectivity index (χ0) is 23.3. The number of benzene rings is 2. The fourth-order valence-corrected chi connectivity index (χ4v) is 4.58. The van der Waals surface area contributed by atoms with Crippen molar-refractivity contribution in [3.8, 4) is 28.3 Å². The summed E-state index contributed by atoms with van der Waals surface area (Å²) in [4.78, 5) is 42.8. The van der Waals surface area contributed by atoms with Gasteiger partial charge in [0.05, 0.1) is 24.8 Å². The number of hydrogen-bond donors (Lipinski definition) is 1. The highest BCUT2D eigenvalue weighted by molar-refractivity contribution is 6.05. The lowest BCUT2D eigenvalue weighted by atomic mass is 10.00. The van der Waals surface area contributed by atoms with E-state index in [2.05, 4.69) is 10.3 Å². The number of para-hydroxylation sites is 1. The van der Waals surface area contributed by atoms with Crippen LogP contribution >= 0.6 is 0 Å². The number of aryl methyl sites for hydroxylation is 1. The number of nitrogens with one attached hydrogen (secondary N) is 1. The van der Waals surface area contributed by atoms with Gasteiger partial charge in [-0.05, 0) is 36.2 Å². The molecule has 2 aliphatic rings. The predicted octanol–water partition coefficient (Wildman–Crippen LogP) is 2.66. The summed E-state index contributed by atoms with van der Waals surface area (Å²) in [6.07, 6.45) is 2.15. The molecule has 3 heterocycles. The largest absolute Gasteiger partial charge is 0.493 e. The molecular weight excluding hydrogens is 427 g/mol. The Morgan fingerprint density at radius 1 is 1.15 bits per heavy atom. The second-order valence-corrected chi connectivity index (χ2v) is 8.15. The lowest BCUT2D eigenvalue weighted by Crippen LogP contribution is -2.52. The van der Waals surface area contributed by atoms with Gasteiger partial charge in [0.15, 0.2) is 11.6 Å². The number of amides is 3. The highest BCUT2D eigenvalue weighted by Crippen LogP contribution is 2.39. The van der Waals surface area contributed by atoms with Crippen molar-refractivity contribution < 1.29 is 23.5 Å². The summed E-state index contributed by atoms with van der Waals surface area (Å²) in [7, 11) is 3.24. The third kappa shape index (κ3) is 3.36. The number of ether oxygens (including phenoxy) is 1. The van der Waals surface area contributed by atoms with E-state index in [1.165, 1.54) is 18.1 Å². The number of nitrogens with zero attached hydrogens (tertiary/aromatic N) is 3. The molecular formula is C24H21FN4O4. The molecule has 0 bridgehead atoms. The van der Waals surface area contributed by atoms with E-state index >= 15 is 0 Å². The molecule has 1 atom stereocenters. The lowest BCUT2D eigenvalue weighted by molar-refractivity contribution is -0.136. The monoisotopic (exact) mass is 448 g/mol. The summed E-state index contributed by atoms with van der Waals surface area (Å²) in [5.74, 6) is -1.35. The van der Waals surface area contributed by atoms with Gasteiger partial charge in [0.2, 0.25) is 11.8 Å². The van der Waals surface area contributed by atoms with Crippen LogP contribution in [-0.4, -0.2) is 45.3 Å². The molecule has 9 heteroatoms. The maximum atomic E-state index is 14.4. The van der Waals surface area contributed by atoms with Gasteiger partial charge in [-0.2, -0.15) is 0 Å². The van der Waals surface area contributed by atoms with Crippen molar-refractivity contribution in [1.29, 1.82) is 0 Å². The van der Waals surface area contributed by atoms with Crippen molar-refractivity contribution in [2.45, 2.75) is 25.4 Å². The first-order valence-electron chi connectivity index (χ1n) is 10.5. The highest BCUT2D eigenvalue weighted by atomic mass is 19.1. The van der Waals surface area contributed by atoms with Crippen molar-refractivity contribution in [3.05, 3.63) is 59.7 Å². The Kier molecular flexibility index (Phi) is 4.96. The number of imidazole rings is 1. The quantitative estimate of drug-likeness (QED) is 0.620. The number of aromatic nitrogens is 2. The number of fused-ring (bicyclic) bond motifs is 1. The van der Waals surface area contributed by atoms with E-state index in [0.717, 1.165) is 11.1 Å². The number of imide groups is 1. The van der Waals surface area contributed by atoms with Crippen molar-refractivity contribution in [2.75, 3.05) is 7.11 Å². The average molecular weight is 448 g/mol. The minimum atomic E-state index is -0.673. The van der Waals surface area contributed by atoms with Crippen LogP contribution in [-0.2, 0) is 23.2 Å². The maximum absolute atomic E-state index is 14.4. The van der Waals surface area contributed by atoms with Gasteiger partial charge in [-0.25, -0.2) is 9.37 Å². The van der Waals surface area contributed by atoms with Gasteiger partial charge < -0.3 is 14.2 Å². The summed E-state index contributed by atoms with van der Waals surface area (Å²) in [5, 5.41) is 2.31. The van der Waals surface area contributed by atoms with Crippen molar-refractivity contribution >= 4 is 17.7 Å². The van der Waals surface area contributed by atoms with Crippen LogP contribution in [0.15, 0.2) is 42.7 Å². The van der Waals surface area contributed by atoms with E-state index in [9.17, 15) is 18.8 Å². The summed E-state index contributed by atoms with van der Waals surface area (Å²) in [5.41, 5.74) is 3.91. The summed E-state index contributed by atoms with van der Waals surface area (Å²) in [6.45, 7) is 0.264. The van der Waals surface area contributed by atoms with Crippen LogP contribution in [0.25, 0.3) is 22.5 Å². The van der Waals surface area contributed by atoms with Crippen LogP contribution in [0.5, 0.6) is 5.75 Å². The Hall–Kier alpha value is -4.01. The molecule has 5 rings (SSSR count). The Labute approximate surface area is 189 Å². The Morgan fingerprint density at radius 2 is 1.97 bits per heavy atom. The molecule has 8 nitrogen and oxygen atoms in total. The van der Waals surface area contributed by atoms with Crippen molar-refractivity contribution in [2.24, 2.45) is 7.05 Å². The second kappa shape index (κ2) is 7.84. The summed E-state index contributed by atoms with van der Waals surface area (Å²) in [6, 6.07) is 9.43. The molecule has 33 heavy (non-hydrogen) atoms. The minimum absolute atomic E-state index is 0.128. The van der Waals surface area contributed by atoms with Crippen LogP contribution in [0.3, 0.4) is 0 Å². The molecule has 0 radical (unpaired) electrons. The number of methoxy groups -OCH3 is 1. The van der Waals surface area contributed by atoms with E-state index in [4.69, 9.17) is 4.74 Å². The van der Waals surface area contributed by atoms with Crippen LogP contribution in [0.1, 0.15) is 28.8 Å². The van der Waals surface area contributed by atoms with Gasteiger partial charge in [-0.15, -0.1) is 0 Å². The molecule has 1 N–H and O–H groups in total. The molecule has 3 aromatic rings. The molecule has 2 aliphatic heterocycles. The number of hydrogen-bond acceptors (Lipinski definition) is 5.